The number of ether oxygens (including phenoxy) is 1. The van der Waals surface area contributed by atoms with Gasteiger partial charge in [0.15, 0.2) is 0 Å². The highest BCUT2D eigenvalue weighted by Gasteiger charge is 2.57. The standard InChI is InChI=1S/C20H19FN2O5/c1-11-7-16(23-18(25)20(4-5-20)19(26)27)15(21)10-17(11)28-14-3-6-22-13(9-14)8-12(2)24/h3,6-7,9-10H,4-5,8H2,1-2H3,(H,23,25)(H,26,27). The quantitative estimate of drug-likeness (QED) is 0.708. The number of nitrogens with one attached hydrogen (secondary N) is 1. The van der Waals surface area contributed by atoms with Gasteiger partial charge in [0.2, 0.25) is 5.91 Å². The van der Waals surface area contributed by atoms with Crippen LogP contribution in [0.2, 0.25) is 0 Å². The largest absolute Gasteiger partial charge is 0.480 e. The fourth-order valence-corrected chi connectivity index (χ4v) is 2.77. The van der Waals surface area contributed by atoms with E-state index in [-0.39, 0.29) is 36.5 Å². The number of nitrogens with zero attached hydrogens (tertiary/aromatic N) is 1. The summed E-state index contributed by atoms with van der Waals surface area (Å²) in [6.07, 6.45) is 2.14. The first kappa shape index (κ1) is 19.5. The number of amides is 1. The number of aliphatic carboxylic acids is 1. The van der Waals surface area contributed by atoms with E-state index in [1.54, 1.807) is 19.1 Å². The molecule has 1 aliphatic rings. The molecule has 1 aromatic heterocycles. The number of halogens is 1. The minimum Gasteiger partial charge on any atom is -0.480 e. The number of carboxylic acid groups (broad SMARTS) is 1. The van der Waals surface area contributed by atoms with E-state index in [4.69, 9.17) is 9.84 Å². The van der Waals surface area contributed by atoms with Gasteiger partial charge in [-0.1, -0.05) is 0 Å². The normalized spacial score (nSPS) is 14.2. The molecule has 0 unspecified atom stereocenters. The number of hydrogen-bond acceptors (Lipinski definition) is 5. The molecular formula is C20H19FN2O5. The average Bonchev–Trinajstić information content (AvgIpc) is 3.41. The van der Waals surface area contributed by atoms with Crippen molar-refractivity contribution in [2.45, 2.75) is 33.1 Å². The Bertz CT molecular complexity index is 969. The lowest BCUT2D eigenvalue weighted by molar-refractivity contribution is -0.147. The zero-order valence-electron chi connectivity index (χ0n) is 15.4. The van der Waals surface area contributed by atoms with Crippen molar-refractivity contribution in [3.63, 3.8) is 0 Å². The van der Waals surface area contributed by atoms with Gasteiger partial charge < -0.3 is 15.2 Å². The number of Topliss-reactive ketones (excluding diaryl/α,β-unsaturated/α-hetero) is 1. The van der Waals surface area contributed by atoms with Crippen LogP contribution in [0.5, 0.6) is 11.5 Å². The predicted molar refractivity (Wildman–Crippen MR) is 97.8 cm³/mol. The first-order valence-corrected chi connectivity index (χ1v) is 8.68. The van der Waals surface area contributed by atoms with Crippen molar-refractivity contribution in [3.8, 4) is 11.5 Å². The van der Waals surface area contributed by atoms with E-state index in [9.17, 15) is 18.8 Å². The number of anilines is 1. The summed E-state index contributed by atoms with van der Waals surface area (Å²) in [5.41, 5.74) is -0.480. The topological polar surface area (TPSA) is 106 Å². The van der Waals surface area contributed by atoms with Crippen LogP contribution >= 0.6 is 0 Å². The lowest BCUT2D eigenvalue weighted by Gasteiger charge is -2.14. The molecule has 1 heterocycles. The summed E-state index contributed by atoms with van der Waals surface area (Å²) in [6.45, 7) is 3.13. The highest BCUT2D eigenvalue weighted by Crippen LogP contribution is 2.47. The van der Waals surface area contributed by atoms with Crippen LogP contribution in [0.25, 0.3) is 0 Å². The van der Waals surface area contributed by atoms with E-state index in [0.717, 1.165) is 6.07 Å². The number of carbonyl (C=O) groups excluding carboxylic acids is 2. The molecule has 0 spiro atoms. The second-order valence-corrected chi connectivity index (χ2v) is 6.90. The Morgan fingerprint density at radius 3 is 2.61 bits per heavy atom. The Morgan fingerprint density at radius 1 is 1.29 bits per heavy atom. The summed E-state index contributed by atoms with van der Waals surface area (Å²) in [7, 11) is 0. The molecule has 3 rings (SSSR count). The van der Waals surface area contributed by atoms with Crippen molar-refractivity contribution in [2.24, 2.45) is 5.41 Å². The summed E-state index contributed by atoms with van der Waals surface area (Å²) >= 11 is 0. The number of aryl methyl sites for hydroxylation is 1. The molecule has 1 aromatic carbocycles. The van der Waals surface area contributed by atoms with E-state index in [0.29, 0.717) is 17.0 Å². The van der Waals surface area contributed by atoms with E-state index < -0.39 is 23.1 Å². The molecule has 1 saturated carbocycles. The van der Waals surface area contributed by atoms with Crippen LogP contribution in [-0.4, -0.2) is 27.8 Å². The van der Waals surface area contributed by atoms with E-state index in [1.165, 1.54) is 19.2 Å². The van der Waals surface area contributed by atoms with Gasteiger partial charge in [0.25, 0.3) is 0 Å². The van der Waals surface area contributed by atoms with Gasteiger partial charge in [-0.25, -0.2) is 4.39 Å². The third kappa shape index (κ3) is 4.00. The molecule has 1 aliphatic carbocycles. The Kier molecular flexibility index (Phi) is 5.13. The maximum absolute atomic E-state index is 14.5. The van der Waals surface area contributed by atoms with Crippen molar-refractivity contribution in [1.29, 1.82) is 0 Å². The van der Waals surface area contributed by atoms with Crippen LogP contribution in [-0.2, 0) is 20.8 Å². The van der Waals surface area contributed by atoms with Crippen LogP contribution in [0.3, 0.4) is 0 Å². The molecule has 0 aliphatic heterocycles. The van der Waals surface area contributed by atoms with Gasteiger partial charge in [0, 0.05) is 24.8 Å². The maximum Gasteiger partial charge on any atom is 0.319 e. The smallest absolute Gasteiger partial charge is 0.319 e. The minimum atomic E-state index is -1.46. The van der Waals surface area contributed by atoms with Crippen LogP contribution < -0.4 is 10.1 Å². The van der Waals surface area contributed by atoms with Crippen molar-refractivity contribution in [3.05, 3.63) is 47.5 Å². The van der Waals surface area contributed by atoms with Crippen LogP contribution in [0, 0.1) is 18.2 Å². The summed E-state index contributed by atoms with van der Waals surface area (Å²) in [5, 5.41) is 11.5. The number of rotatable bonds is 7. The van der Waals surface area contributed by atoms with E-state index in [2.05, 4.69) is 10.3 Å². The minimum absolute atomic E-state index is 0.0400. The van der Waals surface area contributed by atoms with Crippen molar-refractivity contribution in [1.82, 2.24) is 4.98 Å². The number of carboxylic acids is 1. The zero-order chi connectivity index (χ0) is 20.5. The lowest BCUT2D eigenvalue weighted by Crippen LogP contribution is -2.31. The van der Waals surface area contributed by atoms with Crippen LogP contribution in [0.4, 0.5) is 10.1 Å². The fourth-order valence-electron chi connectivity index (χ4n) is 2.77. The van der Waals surface area contributed by atoms with Crippen molar-refractivity contribution < 1.29 is 28.6 Å². The molecule has 2 N–H and O–H groups in total. The Morgan fingerprint density at radius 2 is 2.00 bits per heavy atom. The highest BCUT2D eigenvalue weighted by molar-refractivity contribution is 6.10. The number of ketones is 1. The van der Waals surface area contributed by atoms with Gasteiger partial charge in [-0.3, -0.25) is 19.4 Å². The molecule has 0 radical (unpaired) electrons. The molecule has 8 heteroatoms. The lowest BCUT2D eigenvalue weighted by atomic mass is 10.1. The van der Waals surface area contributed by atoms with Crippen molar-refractivity contribution in [2.75, 3.05) is 5.32 Å². The number of benzene rings is 1. The number of pyridine rings is 1. The highest BCUT2D eigenvalue weighted by atomic mass is 19.1. The molecule has 0 atom stereocenters. The van der Waals surface area contributed by atoms with Gasteiger partial charge in [0.05, 0.1) is 11.4 Å². The third-order valence-corrected chi connectivity index (χ3v) is 4.55. The van der Waals surface area contributed by atoms with Gasteiger partial charge >= 0.3 is 5.97 Å². The first-order valence-electron chi connectivity index (χ1n) is 8.68. The second kappa shape index (κ2) is 7.38. The van der Waals surface area contributed by atoms with Gasteiger partial charge in [-0.2, -0.15) is 0 Å². The molecule has 1 amide bonds. The molecule has 1 fully saturated rings. The Balaban J connectivity index is 1.78. The Hall–Kier alpha value is -3.29. The molecule has 7 nitrogen and oxygen atoms in total. The van der Waals surface area contributed by atoms with E-state index >= 15 is 0 Å². The number of hydrogen-bond donors (Lipinski definition) is 2. The second-order valence-electron chi connectivity index (χ2n) is 6.90. The molecule has 0 saturated heterocycles. The van der Waals surface area contributed by atoms with E-state index in [1.807, 2.05) is 0 Å². The first-order chi connectivity index (χ1) is 13.2. The molecule has 28 heavy (non-hydrogen) atoms. The molecule has 0 bridgehead atoms. The maximum atomic E-state index is 14.5. The van der Waals surface area contributed by atoms with Crippen LogP contribution in [0.1, 0.15) is 31.0 Å². The Labute approximate surface area is 160 Å². The fraction of sp³-hybridized carbons (Fsp3) is 0.300. The summed E-state index contributed by atoms with van der Waals surface area (Å²) in [6, 6.07) is 5.69. The van der Waals surface area contributed by atoms with Crippen LogP contribution in [0.15, 0.2) is 30.5 Å². The summed E-state index contributed by atoms with van der Waals surface area (Å²) in [4.78, 5) is 38.7. The molecule has 2 aromatic rings. The van der Waals surface area contributed by atoms with Gasteiger partial charge in [-0.15, -0.1) is 0 Å². The monoisotopic (exact) mass is 386 g/mol. The zero-order valence-corrected chi connectivity index (χ0v) is 15.4. The number of aromatic nitrogens is 1. The summed E-state index contributed by atoms with van der Waals surface area (Å²) in [5.74, 6) is -2.09. The average molecular weight is 386 g/mol. The SMILES string of the molecule is CC(=O)Cc1cc(Oc2cc(F)c(NC(=O)C3(C(=O)O)CC3)cc2C)ccn1. The third-order valence-electron chi connectivity index (χ3n) is 4.55. The van der Waals surface area contributed by atoms with Gasteiger partial charge in [-0.05, 0) is 44.4 Å². The van der Waals surface area contributed by atoms with Gasteiger partial charge in [0.1, 0.15) is 28.5 Å². The number of carbonyl (C=O) groups is 3. The summed E-state index contributed by atoms with van der Waals surface area (Å²) < 4.78 is 20.1. The van der Waals surface area contributed by atoms with Crippen molar-refractivity contribution >= 4 is 23.3 Å². The molecular weight excluding hydrogens is 367 g/mol. The molecule has 146 valence electrons. The predicted octanol–water partition coefficient (Wildman–Crippen LogP) is 3.26.